The maximum absolute atomic E-state index is 10.7. The van der Waals surface area contributed by atoms with Crippen LogP contribution in [0.3, 0.4) is 0 Å². The van der Waals surface area contributed by atoms with E-state index in [1.54, 1.807) is 0 Å². The number of carbonyl (C=O) groups excluding carboxylic acids is 1. The summed E-state index contributed by atoms with van der Waals surface area (Å²) < 4.78 is 16.3. The summed E-state index contributed by atoms with van der Waals surface area (Å²) >= 11 is 0. The van der Waals surface area contributed by atoms with Gasteiger partial charge in [0.2, 0.25) is 0 Å². The minimum Gasteiger partial charge on any atom is -0.463 e. The minimum atomic E-state index is -0.486. The summed E-state index contributed by atoms with van der Waals surface area (Å²) in [5.74, 6) is -0.761. The zero-order valence-corrected chi connectivity index (χ0v) is 10.5. The van der Waals surface area contributed by atoms with Crippen LogP contribution in [0.15, 0.2) is 0 Å². The predicted octanol–water partition coefficient (Wildman–Crippen LogP) is 2.26. The van der Waals surface area contributed by atoms with Crippen LogP contribution >= 0.6 is 0 Å². The Morgan fingerprint density at radius 3 is 2.88 bits per heavy atom. The van der Waals surface area contributed by atoms with Gasteiger partial charge in [-0.25, -0.2) is 0 Å². The molecule has 0 amide bonds. The summed E-state index contributed by atoms with van der Waals surface area (Å²) in [6.45, 7) is 6.32. The van der Waals surface area contributed by atoms with E-state index in [9.17, 15) is 4.79 Å². The highest BCUT2D eigenvalue weighted by Crippen LogP contribution is 2.28. The molecule has 1 saturated heterocycles. The van der Waals surface area contributed by atoms with Crippen molar-refractivity contribution in [2.75, 3.05) is 13.2 Å². The Bertz CT molecular complexity index is 229. The van der Waals surface area contributed by atoms with Gasteiger partial charge < -0.3 is 14.2 Å². The lowest BCUT2D eigenvalue weighted by Gasteiger charge is -2.23. The van der Waals surface area contributed by atoms with Crippen LogP contribution in [0, 0.1) is 0 Å². The topological polar surface area (TPSA) is 44.8 Å². The smallest absolute Gasteiger partial charge is 0.302 e. The van der Waals surface area contributed by atoms with Crippen LogP contribution in [0.25, 0.3) is 0 Å². The first kappa shape index (κ1) is 13.5. The maximum Gasteiger partial charge on any atom is 0.302 e. The average molecular weight is 230 g/mol. The van der Waals surface area contributed by atoms with Crippen molar-refractivity contribution in [1.82, 2.24) is 0 Å². The molecule has 0 aromatic rings. The van der Waals surface area contributed by atoms with Crippen molar-refractivity contribution in [3.05, 3.63) is 0 Å². The monoisotopic (exact) mass is 230 g/mol. The summed E-state index contributed by atoms with van der Waals surface area (Å²) in [4.78, 5) is 10.7. The Morgan fingerprint density at radius 1 is 1.50 bits per heavy atom. The third-order valence-corrected chi connectivity index (χ3v) is 2.70. The number of ether oxygens (including phenoxy) is 3. The zero-order valence-electron chi connectivity index (χ0n) is 10.5. The van der Waals surface area contributed by atoms with Crippen molar-refractivity contribution >= 4 is 5.97 Å². The average Bonchev–Trinajstić information content (AvgIpc) is 2.58. The standard InChI is InChI=1S/C12H22O4/c1-4-5-6-7-12(3)15-9-11(16-12)8-14-10(2)13/h11H,4-9H2,1-3H3/t11-,12-/m1/s1. The Balaban J connectivity index is 2.24. The van der Waals surface area contributed by atoms with Crippen LogP contribution in [0.4, 0.5) is 0 Å². The Labute approximate surface area is 97.2 Å². The molecule has 94 valence electrons. The van der Waals surface area contributed by atoms with Crippen LogP contribution in [0.5, 0.6) is 0 Å². The van der Waals surface area contributed by atoms with E-state index in [2.05, 4.69) is 6.92 Å². The molecule has 2 atom stereocenters. The van der Waals surface area contributed by atoms with E-state index >= 15 is 0 Å². The van der Waals surface area contributed by atoms with E-state index in [4.69, 9.17) is 14.2 Å². The second-order valence-electron chi connectivity index (χ2n) is 4.44. The number of hydrogen-bond donors (Lipinski definition) is 0. The second-order valence-corrected chi connectivity index (χ2v) is 4.44. The fourth-order valence-electron chi connectivity index (χ4n) is 1.81. The highest BCUT2D eigenvalue weighted by molar-refractivity contribution is 5.65. The lowest BCUT2D eigenvalue weighted by Crippen LogP contribution is -2.28. The third kappa shape index (κ3) is 4.49. The lowest BCUT2D eigenvalue weighted by atomic mass is 10.1. The highest BCUT2D eigenvalue weighted by Gasteiger charge is 2.36. The third-order valence-electron chi connectivity index (χ3n) is 2.70. The predicted molar refractivity (Wildman–Crippen MR) is 60.0 cm³/mol. The van der Waals surface area contributed by atoms with E-state index in [-0.39, 0.29) is 12.1 Å². The lowest BCUT2D eigenvalue weighted by molar-refractivity contribution is -0.169. The number of hydrogen-bond acceptors (Lipinski definition) is 4. The van der Waals surface area contributed by atoms with Gasteiger partial charge in [0.25, 0.3) is 0 Å². The summed E-state index contributed by atoms with van der Waals surface area (Å²) in [6.07, 6.45) is 4.27. The van der Waals surface area contributed by atoms with Gasteiger partial charge in [0.05, 0.1) is 6.61 Å². The zero-order chi connectivity index (χ0) is 12.0. The first-order valence-electron chi connectivity index (χ1n) is 6.01. The van der Waals surface area contributed by atoms with Crippen LogP contribution < -0.4 is 0 Å². The van der Waals surface area contributed by atoms with Crippen molar-refractivity contribution in [3.8, 4) is 0 Å². The second kappa shape index (κ2) is 6.21. The van der Waals surface area contributed by atoms with Crippen LogP contribution in [0.1, 0.15) is 46.5 Å². The molecule has 0 N–H and O–H groups in total. The Morgan fingerprint density at radius 2 is 2.25 bits per heavy atom. The van der Waals surface area contributed by atoms with Gasteiger partial charge in [-0.15, -0.1) is 0 Å². The van der Waals surface area contributed by atoms with Crippen molar-refractivity contribution < 1.29 is 19.0 Å². The molecule has 0 aromatic carbocycles. The fourth-order valence-corrected chi connectivity index (χ4v) is 1.81. The molecule has 4 nitrogen and oxygen atoms in total. The summed E-state index contributed by atoms with van der Waals surface area (Å²) in [7, 11) is 0. The van der Waals surface area contributed by atoms with Gasteiger partial charge in [0, 0.05) is 13.3 Å². The van der Waals surface area contributed by atoms with Crippen molar-refractivity contribution in [2.45, 2.75) is 58.3 Å². The molecule has 0 radical (unpaired) electrons. The molecule has 0 aliphatic carbocycles. The van der Waals surface area contributed by atoms with Gasteiger partial charge in [-0.2, -0.15) is 0 Å². The van der Waals surface area contributed by atoms with Crippen LogP contribution in [-0.4, -0.2) is 31.1 Å². The van der Waals surface area contributed by atoms with Crippen molar-refractivity contribution in [3.63, 3.8) is 0 Å². The summed E-state index contributed by atoms with van der Waals surface area (Å²) in [6, 6.07) is 0. The quantitative estimate of drug-likeness (QED) is 0.518. The Kier molecular flexibility index (Phi) is 5.22. The fraction of sp³-hybridized carbons (Fsp3) is 0.917. The van der Waals surface area contributed by atoms with E-state index in [0.717, 1.165) is 12.8 Å². The molecular formula is C12H22O4. The molecule has 0 unspecified atom stereocenters. The van der Waals surface area contributed by atoms with Gasteiger partial charge in [0.15, 0.2) is 5.79 Å². The molecule has 0 spiro atoms. The largest absolute Gasteiger partial charge is 0.463 e. The van der Waals surface area contributed by atoms with Gasteiger partial charge >= 0.3 is 5.97 Å². The maximum atomic E-state index is 10.7. The van der Waals surface area contributed by atoms with E-state index in [1.807, 2.05) is 6.92 Å². The van der Waals surface area contributed by atoms with Crippen LogP contribution in [0.2, 0.25) is 0 Å². The Hall–Kier alpha value is -0.610. The summed E-state index contributed by atoms with van der Waals surface area (Å²) in [5.41, 5.74) is 0. The first-order valence-corrected chi connectivity index (χ1v) is 6.01. The van der Waals surface area contributed by atoms with Crippen LogP contribution in [-0.2, 0) is 19.0 Å². The van der Waals surface area contributed by atoms with E-state index < -0.39 is 5.79 Å². The molecule has 1 heterocycles. The number of carbonyl (C=O) groups is 1. The SMILES string of the molecule is CCCCC[C@]1(C)OC[C@@H](COC(C)=O)O1. The molecule has 1 aliphatic heterocycles. The van der Waals surface area contributed by atoms with Gasteiger partial charge in [-0.3, -0.25) is 4.79 Å². The van der Waals surface area contributed by atoms with Crippen molar-refractivity contribution in [2.24, 2.45) is 0 Å². The molecule has 1 aliphatic rings. The number of esters is 1. The number of unbranched alkanes of at least 4 members (excludes halogenated alkanes) is 2. The van der Waals surface area contributed by atoms with Gasteiger partial charge in [-0.05, 0) is 13.3 Å². The molecule has 1 rings (SSSR count). The molecule has 0 bridgehead atoms. The van der Waals surface area contributed by atoms with E-state index in [0.29, 0.717) is 13.2 Å². The molecule has 1 fully saturated rings. The number of rotatable bonds is 6. The molecule has 0 aromatic heterocycles. The first-order chi connectivity index (χ1) is 7.56. The molecule has 16 heavy (non-hydrogen) atoms. The minimum absolute atomic E-state index is 0.115. The van der Waals surface area contributed by atoms with Gasteiger partial charge in [0.1, 0.15) is 12.7 Å². The highest BCUT2D eigenvalue weighted by atomic mass is 16.7. The summed E-state index contributed by atoms with van der Waals surface area (Å²) in [5, 5.41) is 0. The van der Waals surface area contributed by atoms with Crippen molar-refractivity contribution in [1.29, 1.82) is 0 Å². The molecule has 4 heteroatoms. The molecule has 0 saturated carbocycles. The molecular weight excluding hydrogens is 208 g/mol. The normalized spacial score (nSPS) is 29.3. The van der Waals surface area contributed by atoms with E-state index in [1.165, 1.54) is 19.8 Å². The van der Waals surface area contributed by atoms with Gasteiger partial charge in [-0.1, -0.05) is 19.8 Å².